The topological polar surface area (TPSA) is 155 Å². The Hall–Kier alpha value is -3.99. The van der Waals surface area contributed by atoms with Crippen LogP contribution in [0.3, 0.4) is 0 Å². The Morgan fingerprint density at radius 2 is 1.97 bits per heavy atom. The predicted octanol–water partition coefficient (Wildman–Crippen LogP) is 1.23. The van der Waals surface area contributed by atoms with E-state index in [0.717, 1.165) is 11.4 Å². The van der Waals surface area contributed by atoms with Gasteiger partial charge in [0.25, 0.3) is 0 Å². The molecule has 0 saturated carbocycles. The normalized spacial score (nSPS) is 9.33. The lowest BCUT2D eigenvalue weighted by Gasteiger charge is -1.98. The zero-order chi connectivity index (χ0) is 22.2. The highest BCUT2D eigenvalue weighted by Gasteiger charge is 2.09. The number of carbonyl (C=O) groups excluding carboxylic acids is 3. The Balaban J connectivity index is 0.000000268. The maximum Gasteiger partial charge on any atom is 0.341 e. The molecular weight excluding hydrogens is 390 g/mol. The fourth-order valence-electron chi connectivity index (χ4n) is 1.68. The highest BCUT2D eigenvalue weighted by molar-refractivity contribution is 5.88. The molecule has 0 atom stereocenters. The van der Waals surface area contributed by atoms with Crippen molar-refractivity contribution in [2.24, 2.45) is 11.8 Å². The van der Waals surface area contributed by atoms with Crippen molar-refractivity contribution < 1.29 is 19.1 Å². The summed E-state index contributed by atoms with van der Waals surface area (Å²) in [6, 6.07) is 5.39. The molecule has 0 aliphatic heterocycles. The Kier molecular flexibility index (Phi) is 11.3. The average molecular weight is 413 g/mol. The number of esters is 1. The van der Waals surface area contributed by atoms with E-state index in [-0.39, 0.29) is 5.97 Å². The van der Waals surface area contributed by atoms with E-state index in [1.54, 1.807) is 61.6 Å². The zero-order valence-corrected chi connectivity index (χ0v) is 16.6. The smallest absolute Gasteiger partial charge is 0.341 e. The summed E-state index contributed by atoms with van der Waals surface area (Å²) >= 11 is 0. The van der Waals surface area contributed by atoms with Gasteiger partial charge in [0, 0.05) is 12.4 Å². The summed E-state index contributed by atoms with van der Waals surface area (Å²) in [7, 11) is 0. The summed E-state index contributed by atoms with van der Waals surface area (Å²) in [6.45, 7) is 3.67. The van der Waals surface area contributed by atoms with Gasteiger partial charge in [0.2, 0.25) is 0 Å². The van der Waals surface area contributed by atoms with Gasteiger partial charge in [0.1, 0.15) is 12.6 Å². The summed E-state index contributed by atoms with van der Waals surface area (Å²) in [5, 5.41) is 11.2. The average Bonchev–Trinajstić information content (AvgIpc) is 3.31. The molecule has 0 bridgehead atoms. The third-order valence-electron chi connectivity index (χ3n) is 3.18. The number of nitrogens with one attached hydrogen (secondary N) is 1. The van der Waals surface area contributed by atoms with Gasteiger partial charge in [-0.1, -0.05) is 0 Å². The van der Waals surface area contributed by atoms with E-state index in [1.165, 1.54) is 6.20 Å². The number of nitrogens with two attached hydrogens (primary N) is 1. The van der Waals surface area contributed by atoms with Gasteiger partial charge in [-0.3, -0.25) is 10.8 Å². The van der Waals surface area contributed by atoms with E-state index >= 15 is 0 Å². The van der Waals surface area contributed by atoms with E-state index in [2.05, 4.69) is 25.7 Å². The number of rotatable bonds is 6. The predicted molar refractivity (Wildman–Crippen MR) is 108 cm³/mol. The number of hydrazine groups is 1. The van der Waals surface area contributed by atoms with E-state index < -0.39 is 5.92 Å². The van der Waals surface area contributed by atoms with Crippen molar-refractivity contribution >= 4 is 24.2 Å². The van der Waals surface area contributed by atoms with Gasteiger partial charge in [0.15, 0.2) is 0 Å². The molecule has 30 heavy (non-hydrogen) atoms. The molecule has 158 valence electrons. The second-order valence-corrected chi connectivity index (χ2v) is 5.51. The molecule has 0 aliphatic rings. The highest BCUT2D eigenvalue weighted by Crippen LogP contribution is 2.07. The third kappa shape index (κ3) is 8.80. The molecule has 3 heterocycles. The van der Waals surface area contributed by atoms with Crippen molar-refractivity contribution in [1.29, 1.82) is 0 Å². The molecular formula is C19H23N7O4. The van der Waals surface area contributed by atoms with E-state index in [9.17, 15) is 14.4 Å². The largest absolute Gasteiger partial charge is 0.462 e. The lowest BCUT2D eigenvalue weighted by atomic mass is 10.3. The molecule has 0 aromatic carbocycles. The van der Waals surface area contributed by atoms with Crippen LogP contribution < -0.4 is 11.3 Å². The zero-order valence-electron chi connectivity index (χ0n) is 16.6. The molecule has 11 heteroatoms. The van der Waals surface area contributed by atoms with Crippen LogP contribution in [0.4, 0.5) is 5.69 Å². The summed E-state index contributed by atoms with van der Waals surface area (Å²) in [5.41, 5.74) is 4.43. The van der Waals surface area contributed by atoms with Crippen LogP contribution in [0.2, 0.25) is 0 Å². The minimum Gasteiger partial charge on any atom is -0.462 e. The number of hydrogen-bond acceptors (Lipinski definition) is 10. The standard InChI is InChI=1S/C11H11N3O2.C4H6N4.C4H6O2/c1-2-16-11(15)9-6-13-14(8-9)10-4-3-5-12-7-10;5-8-4-1-2-6-7-3-4;1-4(2-5)3-6/h3-8H,2H2,1H3;1-3H,5H2,(H,6,8);2-4H,1H3. The van der Waals surface area contributed by atoms with Crippen LogP contribution in [-0.4, -0.2) is 50.1 Å². The number of aldehydes is 2. The third-order valence-corrected chi connectivity index (χ3v) is 3.18. The molecule has 3 aromatic heterocycles. The van der Waals surface area contributed by atoms with Crippen LogP contribution in [0.5, 0.6) is 0 Å². The molecule has 0 fully saturated rings. The molecule has 0 radical (unpaired) electrons. The van der Waals surface area contributed by atoms with Crippen LogP contribution in [0.15, 0.2) is 55.4 Å². The molecule has 0 spiro atoms. The quantitative estimate of drug-likeness (QED) is 0.198. The molecule has 0 saturated heterocycles. The molecule has 0 unspecified atom stereocenters. The summed E-state index contributed by atoms with van der Waals surface area (Å²) < 4.78 is 6.45. The number of pyridine rings is 1. The molecule has 3 aromatic rings. The van der Waals surface area contributed by atoms with Gasteiger partial charge in [-0.25, -0.2) is 9.48 Å². The van der Waals surface area contributed by atoms with Gasteiger partial charge < -0.3 is 19.8 Å². The van der Waals surface area contributed by atoms with Crippen LogP contribution in [0.1, 0.15) is 24.2 Å². The van der Waals surface area contributed by atoms with Gasteiger partial charge in [-0.05, 0) is 32.0 Å². The SMILES string of the molecule is CC(C=O)C=O.CCOC(=O)c1cnn(-c2cccnc2)c1.NNc1ccnnc1. The van der Waals surface area contributed by atoms with Crippen LogP contribution in [-0.2, 0) is 14.3 Å². The first kappa shape index (κ1) is 24.0. The number of hydrogen-bond donors (Lipinski definition) is 2. The van der Waals surface area contributed by atoms with Gasteiger partial charge >= 0.3 is 5.97 Å². The number of aromatic nitrogens is 5. The van der Waals surface area contributed by atoms with Crippen molar-refractivity contribution in [3.8, 4) is 5.69 Å². The second-order valence-electron chi connectivity index (χ2n) is 5.51. The summed E-state index contributed by atoms with van der Waals surface area (Å²) in [6.07, 6.45) is 10.8. The Labute approximate surface area is 173 Å². The highest BCUT2D eigenvalue weighted by atomic mass is 16.5. The fourth-order valence-corrected chi connectivity index (χ4v) is 1.68. The van der Waals surface area contributed by atoms with Crippen molar-refractivity contribution in [2.75, 3.05) is 12.0 Å². The maximum atomic E-state index is 11.4. The van der Waals surface area contributed by atoms with Crippen LogP contribution >= 0.6 is 0 Å². The first-order valence-corrected chi connectivity index (χ1v) is 8.81. The first-order chi connectivity index (χ1) is 14.5. The van der Waals surface area contributed by atoms with Crippen molar-refractivity contribution in [3.63, 3.8) is 0 Å². The van der Waals surface area contributed by atoms with Crippen molar-refractivity contribution in [1.82, 2.24) is 25.0 Å². The molecule has 11 nitrogen and oxygen atoms in total. The number of carbonyl (C=O) groups is 3. The lowest BCUT2D eigenvalue weighted by molar-refractivity contribution is -0.118. The molecule has 0 aliphatic carbocycles. The van der Waals surface area contributed by atoms with Gasteiger partial charge in [0.05, 0.1) is 54.3 Å². The molecule has 0 amide bonds. The van der Waals surface area contributed by atoms with E-state index in [0.29, 0.717) is 24.7 Å². The van der Waals surface area contributed by atoms with Crippen LogP contribution in [0, 0.1) is 5.92 Å². The number of anilines is 1. The van der Waals surface area contributed by atoms with E-state index in [4.69, 9.17) is 10.6 Å². The molecule has 3 N–H and O–H groups in total. The maximum absolute atomic E-state index is 11.4. The van der Waals surface area contributed by atoms with Crippen molar-refractivity contribution in [3.05, 3.63) is 60.9 Å². The Bertz CT molecular complexity index is 880. The Morgan fingerprint density at radius 3 is 2.43 bits per heavy atom. The minimum absolute atomic E-state index is 0.358. The van der Waals surface area contributed by atoms with Gasteiger partial charge in [-0.2, -0.15) is 15.3 Å². The monoisotopic (exact) mass is 413 g/mol. The lowest BCUT2D eigenvalue weighted by Crippen LogP contribution is -2.06. The van der Waals surface area contributed by atoms with Gasteiger partial charge in [-0.15, -0.1) is 0 Å². The van der Waals surface area contributed by atoms with Crippen LogP contribution in [0.25, 0.3) is 5.69 Å². The number of nitrogen functional groups attached to an aromatic ring is 1. The minimum atomic E-state index is -0.426. The second kappa shape index (κ2) is 14.1. The molecule has 3 rings (SSSR count). The number of ether oxygens (including phenoxy) is 1. The summed E-state index contributed by atoms with van der Waals surface area (Å²) in [4.78, 5) is 34.4. The summed E-state index contributed by atoms with van der Waals surface area (Å²) in [5.74, 6) is 4.24. The van der Waals surface area contributed by atoms with Crippen molar-refractivity contribution in [2.45, 2.75) is 13.8 Å². The fraction of sp³-hybridized carbons (Fsp3) is 0.211. The number of nitrogens with zero attached hydrogens (tertiary/aromatic N) is 5. The Morgan fingerprint density at radius 1 is 1.20 bits per heavy atom. The first-order valence-electron chi connectivity index (χ1n) is 8.81. The van der Waals surface area contributed by atoms with E-state index in [1.807, 2.05) is 6.07 Å².